The molecule has 0 spiro atoms. The Morgan fingerprint density at radius 2 is 1.56 bits per heavy atom. The largest absolute Gasteiger partial charge is 0.395 e. The van der Waals surface area contributed by atoms with Gasteiger partial charge in [0.2, 0.25) is 0 Å². The molecule has 4 nitrogen and oxygen atoms in total. The highest BCUT2D eigenvalue weighted by Gasteiger charge is 2.11. The number of aliphatic hydroxyl groups excluding tert-OH is 2. The van der Waals surface area contributed by atoms with Gasteiger partial charge in [-0.2, -0.15) is 0 Å². The molecule has 0 radical (unpaired) electrons. The second kappa shape index (κ2) is 10.0. The molecule has 3 atom stereocenters. The Kier molecular flexibility index (Phi) is 9.92. The normalized spacial score (nSPS) is 17.1. The van der Waals surface area contributed by atoms with E-state index >= 15 is 0 Å². The molecule has 0 bridgehead atoms. The summed E-state index contributed by atoms with van der Waals surface area (Å²) < 4.78 is 0. The van der Waals surface area contributed by atoms with E-state index in [0.717, 1.165) is 44.9 Å². The van der Waals surface area contributed by atoms with Crippen molar-refractivity contribution in [3.63, 3.8) is 0 Å². The molecule has 0 heterocycles. The monoisotopic (exact) mass is 232 g/mol. The lowest BCUT2D eigenvalue weighted by Gasteiger charge is -2.16. The van der Waals surface area contributed by atoms with Crippen LogP contribution in [0.4, 0.5) is 0 Å². The topological polar surface area (TPSA) is 92.5 Å². The van der Waals surface area contributed by atoms with Crippen LogP contribution in [-0.4, -0.2) is 35.0 Å². The Bertz CT molecular complexity index is 156. The Hall–Kier alpha value is -0.160. The summed E-state index contributed by atoms with van der Waals surface area (Å²) in [6.45, 7) is 2.06. The van der Waals surface area contributed by atoms with Crippen molar-refractivity contribution in [2.75, 3.05) is 6.61 Å². The zero-order valence-electron chi connectivity index (χ0n) is 10.4. The SMILES string of the molecule is CCC(N)C(O)CCCCCCC(N)CO. The lowest BCUT2D eigenvalue weighted by Crippen LogP contribution is -2.33. The minimum Gasteiger partial charge on any atom is -0.395 e. The quantitative estimate of drug-likeness (QED) is 0.418. The molecule has 0 amide bonds. The maximum Gasteiger partial charge on any atom is 0.0691 e. The van der Waals surface area contributed by atoms with Crippen molar-refractivity contribution >= 4 is 0 Å². The van der Waals surface area contributed by atoms with E-state index in [-0.39, 0.29) is 24.8 Å². The fraction of sp³-hybridized carbons (Fsp3) is 1.00. The van der Waals surface area contributed by atoms with Gasteiger partial charge < -0.3 is 21.7 Å². The summed E-state index contributed by atoms with van der Waals surface area (Å²) in [7, 11) is 0. The van der Waals surface area contributed by atoms with E-state index in [1.165, 1.54) is 0 Å². The molecule has 0 aromatic rings. The van der Waals surface area contributed by atoms with E-state index < -0.39 is 0 Å². The van der Waals surface area contributed by atoms with Gasteiger partial charge in [0.25, 0.3) is 0 Å². The number of nitrogens with two attached hydrogens (primary N) is 2. The summed E-state index contributed by atoms with van der Waals surface area (Å²) in [4.78, 5) is 0. The lowest BCUT2D eigenvalue weighted by molar-refractivity contribution is 0.129. The second-order valence-electron chi connectivity index (χ2n) is 4.57. The predicted molar refractivity (Wildman–Crippen MR) is 67.0 cm³/mol. The van der Waals surface area contributed by atoms with Gasteiger partial charge in [-0.05, 0) is 19.3 Å². The molecule has 0 saturated heterocycles. The van der Waals surface area contributed by atoms with Crippen LogP contribution in [0.15, 0.2) is 0 Å². The summed E-state index contributed by atoms with van der Waals surface area (Å²) >= 11 is 0. The Balaban J connectivity index is 3.27. The summed E-state index contributed by atoms with van der Waals surface area (Å²) in [6, 6.07) is -0.151. The molecular weight excluding hydrogens is 204 g/mol. The first-order valence-corrected chi connectivity index (χ1v) is 6.41. The van der Waals surface area contributed by atoms with Gasteiger partial charge in [0.15, 0.2) is 0 Å². The molecule has 0 fully saturated rings. The van der Waals surface area contributed by atoms with Crippen molar-refractivity contribution in [3.05, 3.63) is 0 Å². The molecule has 0 aromatic carbocycles. The summed E-state index contributed by atoms with van der Waals surface area (Å²) in [6.07, 6.45) is 6.43. The van der Waals surface area contributed by atoms with Crippen LogP contribution in [0.3, 0.4) is 0 Å². The first kappa shape index (κ1) is 15.8. The van der Waals surface area contributed by atoms with E-state index in [2.05, 4.69) is 0 Å². The van der Waals surface area contributed by atoms with Gasteiger partial charge in [0, 0.05) is 12.1 Å². The first-order chi connectivity index (χ1) is 7.61. The second-order valence-corrected chi connectivity index (χ2v) is 4.57. The molecule has 98 valence electrons. The molecule has 16 heavy (non-hydrogen) atoms. The highest BCUT2D eigenvalue weighted by Crippen LogP contribution is 2.10. The van der Waals surface area contributed by atoms with Crippen LogP contribution >= 0.6 is 0 Å². The maximum atomic E-state index is 9.62. The van der Waals surface area contributed by atoms with Gasteiger partial charge in [-0.3, -0.25) is 0 Å². The summed E-state index contributed by atoms with van der Waals surface area (Å²) in [5.74, 6) is 0. The van der Waals surface area contributed by atoms with Crippen LogP contribution in [0.5, 0.6) is 0 Å². The number of aliphatic hydroxyl groups is 2. The van der Waals surface area contributed by atoms with Gasteiger partial charge >= 0.3 is 0 Å². The van der Waals surface area contributed by atoms with Gasteiger partial charge in [-0.25, -0.2) is 0 Å². The number of hydrogen-bond acceptors (Lipinski definition) is 4. The number of rotatable bonds is 10. The summed E-state index contributed by atoms with van der Waals surface area (Å²) in [5, 5.41) is 18.3. The van der Waals surface area contributed by atoms with Gasteiger partial charge in [0.05, 0.1) is 12.7 Å². The molecule has 0 aromatic heterocycles. The molecule has 0 aliphatic rings. The van der Waals surface area contributed by atoms with Crippen LogP contribution in [0.2, 0.25) is 0 Å². The van der Waals surface area contributed by atoms with E-state index in [4.69, 9.17) is 16.6 Å². The van der Waals surface area contributed by atoms with Crippen molar-refractivity contribution < 1.29 is 10.2 Å². The van der Waals surface area contributed by atoms with Crippen LogP contribution in [-0.2, 0) is 0 Å². The van der Waals surface area contributed by atoms with Crippen LogP contribution in [0.1, 0.15) is 51.9 Å². The van der Waals surface area contributed by atoms with Crippen LogP contribution in [0, 0.1) is 0 Å². The van der Waals surface area contributed by atoms with Crippen LogP contribution in [0.25, 0.3) is 0 Å². The third-order valence-electron chi connectivity index (χ3n) is 3.02. The Labute approximate surface area is 99.0 Å². The third kappa shape index (κ3) is 8.05. The van der Waals surface area contributed by atoms with Gasteiger partial charge in [-0.1, -0.05) is 32.6 Å². The fourth-order valence-corrected chi connectivity index (χ4v) is 1.69. The molecule has 0 saturated carbocycles. The predicted octanol–water partition coefficient (Wildman–Crippen LogP) is 0.745. The van der Waals surface area contributed by atoms with Crippen molar-refractivity contribution in [1.82, 2.24) is 0 Å². The minimum absolute atomic E-state index is 0.0703. The van der Waals surface area contributed by atoms with Crippen molar-refractivity contribution in [2.45, 2.75) is 70.1 Å². The third-order valence-corrected chi connectivity index (χ3v) is 3.02. The number of hydrogen-bond donors (Lipinski definition) is 4. The molecule has 4 heteroatoms. The first-order valence-electron chi connectivity index (χ1n) is 6.41. The maximum absolute atomic E-state index is 9.62. The van der Waals surface area contributed by atoms with Crippen molar-refractivity contribution in [3.8, 4) is 0 Å². The zero-order chi connectivity index (χ0) is 12.4. The van der Waals surface area contributed by atoms with Crippen LogP contribution < -0.4 is 11.5 Å². The molecule has 0 aliphatic carbocycles. The highest BCUT2D eigenvalue weighted by molar-refractivity contribution is 4.69. The molecule has 6 N–H and O–H groups in total. The highest BCUT2D eigenvalue weighted by atomic mass is 16.3. The molecule has 0 aliphatic heterocycles. The number of unbranched alkanes of at least 4 members (excludes halogenated alkanes) is 3. The van der Waals surface area contributed by atoms with Gasteiger partial charge in [0.1, 0.15) is 0 Å². The minimum atomic E-state index is -0.357. The molecular formula is C12H28N2O2. The average Bonchev–Trinajstić information content (AvgIpc) is 2.31. The fourth-order valence-electron chi connectivity index (χ4n) is 1.69. The Morgan fingerprint density at radius 1 is 1.00 bits per heavy atom. The zero-order valence-corrected chi connectivity index (χ0v) is 10.4. The standard InChI is InChI=1S/C12H28N2O2/c1-2-11(14)12(16)8-6-4-3-5-7-10(13)9-15/h10-12,15-16H,2-9,13-14H2,1H3. The molecule has 3 unspecified atom stereocenters. The van der Waals surface area contributed by atoms with Gasteiger partial charge in [-0.15, -0.1) is 0 Å². The van der Waals surface area contributed by atoms with Crippen molar-refractivity contribution in [1.29, 1.82) is 0 Å². The average molecular weight is 232 g/mol. The Morgan fingerprint density at radius 3 is 2.06 bits per heavy atom. The van der Waals surface area contributed by atoms with E-state index in [0.29, 0.717) is 0 Å². The van der Waals surface area contributed by atoms with E-state index in [1.54, 1.807) is 0 Å². The smallest absolute Gasteiger partial charge is 0.0691 e. The van der Waals surface area contributed by atoms with E-state index in [9.17, 15) is 5.11 Å². The van der Waals surface area contributed by atoms with Crippen molar-refractivity contribution in [2.24, 2.45) is 11.5 Å². The van der Waals surface area contributed by atoms with E-state index in [1.807, 2.05) is 6.92 Å². The molecule has 0 rings (SSSR count). The summed E-state index contributed by atoms with van der Waals surface area (Å²) in [5.41, 5.74) is 11.3. The lowest BCUT2D eigenvalue weighted by atomic mass is 10.0.